The summed E-state index contributed by atoms with van der Waals surface area (Å²) in [6.45, 7) is 11.0. The number of oxazole rings is 2. The summed E-state index contributed by atoms with van der Waals surface area (Å²) in [5.41, 5.74) is -1.69. The number of methoxy groups -OCH3 is 1. The van der Waals surface area contributed by atoms with Crippen molar-refractivity contribution in [2.24, 2.45) is 10.8 Å². The van der Waals surface area contributed by atoms with Crippen molar-refractivity contribution in [2.45, 2.75) is 116 Å². The number of esters is 2. The first-order valence-electron chi connectivity index (χ1n) is 18.9. The van der Waals surface area contributed by atoms with Crippen LogP contribution >= 0.6 is 0 Å². The van der Waals surface area contributed by atoms with Gasteiger partial charge in [-0.25, -0.2) is 19.6 Å². The molecule has 0 spiro atoms. The highest BCUT2D eigenvalue weighted by Crippen LogP contribution is 2.44. The number of aromatic nitrogens is 2. The summed E-state index contributed by atoms with van der Waals surface area (Å²) in [6.07, 6.45) is 23.8. The molecule has 2 aromatic rings. The third kappa shape index (κ3) is 11.0. The molecule has 0 saturated carbocycles. The van der Waals surface area contributed by atoms with Gasteiger partial charge in [0.15, 0.2) is 17.3 Å². The molecule has 2 N–H and O–H groups in total. The molecule has 2 aromatic heterocycles. The average Bonchev–Trinajstić information content (AvgIpc) is 3.99. The number of fused-ring (bicyclic) bond motifs is 7. The lowest BCUT2D eigenvalue weighted by Crippen LogP contribution is -2.43. The SMILES string of the molecule is C/C=C/C(O)C(C)(C)C1C/C=C\C=C/C=CC(OC)Cc2nc(co2)C(=O)OC(C(C)(C)C(O)/C=C/C)CC2OC2C2OC2/C=C/C=C\c2nc(co2)C(=O)O1. The van der Waals surface area contributed by atoms with Gasteiger partial charge in [-0.2, -0.15) is 0 Å². The number of carbonyl (C=O) groups excluding carboxylic acids is 2. The van der Waals surface area contributed by atoms with E-state index in [9.17, 15) is 19.8 Å². The molecule has 0 amide bonds. The third-order valence-electron chi connectivity index (χ3n) is 10.4. The minimum Gasteiger partial charge on any atom is -0.457 e. The second kappa shape index (κ2) is 19.0. The number of aliphatic hydroxyl groups excluding tert-OH is 2. The molecule has 0 radical (unpaired) electrons. The fourth-order valence-corrected chi connectivity index (χ4v) is 6.30. The highest BCUT2D eigenvalue weighted by molar-refractivity contribution is 5.87. The van der Waals surface area contributed by atoms with Crippen molar-refractivity contribution in [3.8, 4) is 0 Å². The molecule has 56 heavy (non-hydrogen) atoms. The van der Waals surface area contributed by atoms with Gasteiger partial charge in [-0.3, -0.25) is 0 Å². The largest absolute Gasteiger partial charge is 0.457 e. The number of cyclic esters (lactones) is 2. The zero-order valence-corrected chi connectivity index (χ0v) is 33.0. The van der Waals surface area contributed by atoms with E-state index in [0.717, 1.165) is 0 Å². The van der Waals surface area contributed by atoms with Crippen molar-refractivity contribution in [3.63, 3.8) is 0 Å². The number of hydrogen-bond donors (Lipinski definition) is 2. The van der Waals surface area contributed by atoms with Crippen LogP contribution in [0.15, 0.2) is 100 Å². The number of epoxide rings is 2. The summed E-state index contributed by atoms with van der Waals surface area (Å²) in [6, 6.07) is 0. The number of ether oxygens (including phenoxy) is 5. The fourth-order valence-electron chi connectivity index (χ4n) is 6.30. The summed E-state index contributed by atoms with van der Waals surface area (Å²) in [7, 11) is 1.56. The van der Waals surface area contributed by atoms with Crippen LogP contribution in [0.25, 0.3) is 6.08 Å². The molecule has 13 heteroatoms. The minimum atomic E-state index is -0.895. The van der Waals surface area contributed by atoms with Gasteiger partial charge in [0.05, 0.1) is 30.8 Å². The molecule has 4 bridgehead atoms. The van der Waals surface area contributed by atoms with E-state index in [1.165, 1.54) is 12.5 Å². The Kier molecular flexibility index (Phi) is 14.4. The van der Waals surface area contributed by atoms with Gasteiger partial charge in [0.2, 0.25) is 5.89 Å². The molecule has 5 rings (SSSR count). The summed E-state index contributed by atoms with van der Waals surface area (Å²) in [4.78, 5) is 35.3. The van der Waals surface area contributed by atoms with E-state index in [0.29, 0.717) is 12.8 Å². The molecular formula is C43H54N2O11. The van der Waals surface area contributed by atoms with Crippen LogP contribution < -0.4 is 0 Å². The highest BCUT2D eigenvalue weighted by atomic mass is 16.7. The maximum Gasteiger partial charge on any atom is 0.360 e. The van der Waals surface area contributed by atoms with Gasteiger partial charge in [-0.05, 0) is 13.8 Å². The van der Waals surface area contributed by atoms with Crippen molar-refractivity contribution in [1.29, 1.82) is 0 Å². The molecule has 3 aliphatic heterocycles. The van der Waals surface area contributed by atoms with E-state index in [2.05, 4.69) is 9.97 Å². The maximum atomic E-state index is 13.4. The van der Waals surface area contributed by atoms with Crippen LogP contribution in [0.3, 0.4) is 0 Å². The number of nitrogens with zero attached hydrogens (tertiary/aromatic N) is 2. The predicted molar refractivity (Wildman–Crippen MR) is 207 cm³/mol. The summed E-state index contributed by atoms with van der Waals surface area (Å²) in [5, 5.41) is 21.9. The van der Waals surface area contributed by atoms with Gasteiger partial charge in [0.1, 0.15) is 43.0 Å². The Morgan fingerprint density at radius 3 is 2.11 bits per heavy atom. The lowest BCUT2D eigenvalue weighted by atomic mass is 9.78. The molecule has 0 aromatic carbocycles. The van der Waals surface area contributed by atoms with Crippen LogP contribution in [-0.4, -0.2) is 94.2 Å². The van der Waals surface area contributed by atoms with Gasteiger partial charge in [0, 0.05) is 36.9 Å². The molecule has 0 aliphatic carbocycles. The second-order valence-corrected chi connectivity index (χ2v) is 15.2. The highest BCUT2D eigenvalue weighted by Gasteiger charge is 2.58. The number of aliphatic hydroxyl groups is 2. The van der Waals surface area contributed by atoms with E-state index >= 15 is 0 Å². The van der Waals surface area contributed by atoms with Crippen molar-refractivity contribution in [1.82, 2.24) is 9.97 Å². The molecule has 9 atom stereocenters. The van der Waals surface area contributed by atoms with E-state index in [1.54, 1.807) is 49.6 Å². The molecule has 13 nitrogen and oxygen atoms in total. The monoisotopic (exact) mass is 774 g/mol. The Balaban J connectivity index is 1.37. The number of hydrogen-bond acceptors (Lipinski definition) is 13. The average molecular weight is 775 g/mol. The van der Waals surface area contributed by atoms with Gasteiger partial charge in [-0.15, -0.1) is 0 Å². The van der Waals surface area contributed by atoms with Crippen LogP contribution in [0.4, 0.5) is 0 Å². The van der Waals surface area contributed by atoms with Gasteiger partial charge < -0.3 is 42.7 Å². The Morgan fingerprint density at radius 2 is 1.41 bits per heavy atom. The minimum absolute atomic E-state index is 0.00482. The molecule has 5 heterocycles. The molecule has 9 unspecified atom stereocenters. The van der Waals surface area contributed by atoms with E-state index in [-0.39, 0.29) is 54.0 Å². The molecule has 3 aliphatic rings. The lowest BCUT2D eigenvalue weighted by molar-refractivity contribution is -0.0526. The van der Waals surface area contributed by atoms with Crippen LogP contribution in [0.1, 0.15) is 87.1 Å². The Bertz CT molecular complexity index is 1840. The van der Waals surface area contributed by atoms with E-state index < -0.39 is 53.3 Å². The predicted octanol–water partition coefficient (Wildman–Crippen LogP) is 6.46. The van der Waals surface area contributed by atoms with Crippen molar-refractivity contribution < 1.29 is 52.3 Å². The van der Waals surface area contributed by atoms with Gasteiger partial charge in [-0.1, -0.05) is 107 Å². The van der Waals surface area contributed by atoms with Crippen molar-refractivity contribution in [3.05, 3.63) is 115 Å². The van der Waals surface area contributed by atoms with Crippen molar-refractivity contribution in [2.75, 3.05) is 7.11 Å². The van der Waals surface area contributed by atoms with Crippen LogP contribution in [0.2, 0.25) is 0 Å². The van der Waals surface area contributed by atoms with Crippen LogP contribution in [0.5, 0.6) is 0 Å². The lowest BCUT2D eigenvalue weighted by Gasteiger charge is -2.36. The Hall–Kier alpha value is -4.66. The molecule has 2 fully saturated rings. The van der Waals surface area contributed by atoms with Crippen molar-refractivity contribution >= 4 is 18.0 Å². The zero-order valence-electron chi connectivity index (χ0n) is 33.0. The normalized spacial score (nSPS) is 30.3. The quantitative estimate of drug-likeness (QED) is 0.178. The first-order chi connectivity index (χ1) is 26.8. The van der Waals surface area contributed by atoms with Gasteiger partial charge >= 0.3 is 11.9 Å². The maximum absolute atomic E-state index is 13.4. The van der Waals surface area contributed by atoms with E-state index in [4.69, 9.17) is 32.5 Å². The molecular weight excluding hydrogens is 720 g/mol. The van der Waals surface area contributed by atoms with Crippen LogP contribution in [-0.2, 0) is 30.1 Å². The molecule has 302 valence electrons. The Labute approximate surface area is 328 Å². The fraction of sp³-hybridized carbons (Fsp3) is 0.488. The topological polar surface area (TPSA) is 179 Å². The second-order valence-electron chi connectivity index (χ2n) is 15.2. The first kappa shape index (κ1) is 42.5. The van der Waals surface area contributed by atoms with Crippen LogP contribution in [0, 0.1) is 10.8 Å². The smallest absolute Gasteiger partial charge is 0.360 e. The summed E-state index contributed by atoms with van der Waals surface area (Å²) < 4.78 is 40.5. The number of allylic oxidation sites excluding steroid dienone is 8. The standard InChI is InChI=1S/C43H54N2O11/c1-8-17-32(46)42(3,4)34-21-14-12-10-11-13-19-27(50-7)23-37-45-29(26-52-37)41(49)56-35(43(5,6)33(47)18-9-2)24-31-39(54-31)38-30(53-38)20-15-16-22-36-44-28(25-51-36)40(48)55-34/h8-20,22,25-27,30-35,38-39,46-47H,21,23-24H2,1-7H3/b11-10-,14-12-,17-8+,18-9+,19-13?,20-15+,22-16-. The zero-order chi connectivity index (χ0) is 40.5. The van der Waals surface area contributed by atoms with Gasteiger partial charge in [0.25, 0.3) is 0 Å². The Morgan fingerprint density at radius 1 is 0.786 bits per heavy atom. The first-order valence-corrected chi connectivity index (χ1v) is 18.9. The van der Waals surface area contributed by atoms with E-state index in [1.807, 2.05) is 84.1 Å². The number of rotatable bonds is 7. The number of carbonyl (C=O) groups is 2. The summed E-state index contributed by atoms with van der Waals surface area (Å²) in [5.74, 6) is -0.844. The molecule has 2 saturated heterocycles. The summed E-state index contributed by atoms with van der Waals surface area (Å²) >= 11 is 0. The third-order valence-corrected chi connectivity index (χ3v) is 10.4.